The predicted molar refractivity (Wildman–Crippen MR) is 47.2 cm³/mol. The lowest BCUT2D eigenvalue weighted by atomic mass is 10.1. The van der Waals surface area contributed by atoms with E-state index in [0.717, 1.165) is 13.3 Å². The Morgan fingerprint density at radius 1 is 1.56 bits per heavy atom. The van der Waals surface area contributed by atoms with E-state index < -0.39 is 30.2 Å². The molecule has 0 aromatic carbocycles. The lowest BCUT2D eigenvalue weighted by Crippen LogP contribution is -2.17. The first-order chi connectivity index (χ1) is 7.34. The molecule has 1 heterocycles. The first-order valence-corrected chi connectivity index (χ1v) is 4.10. The van der Waals surface area contributed by atoms with Crippen LogP contribution in [0.2, 0.25) is 0 Å². The van der Waals surface area contributed by atoms with E-state index in [0.29, 0.717) is 0 Å². The fourth-order valence-electron chi connectivity index (χ4n) is 1.02. The maximum Gasteiger partial charge on any atom is 0.433 e. The lowest BCUT2D eigenvalue weighted by Gasteiger charge is -2.10. The molecule has 5 nitrogen and oxygen atoms in total. The zero-order valence-corrected chi connectivity index (χ0v) is 8.21. The number of ether oxygens (including phenoxy) is 1. The average Bonchev–Trinajstić information content (AvgIpc) is 2.19. The van der Waals surface area contributed by atoms with Crippen LogP contribution >= 0.6 is 0 Å². The second-order valence-electron chi connectivity index (χ2n) is 2.85. The molecule has 0 aliphatic carbocycles. The third kappa shape index (κ3) is 2.81. The van der Waals surface area contributed by atoms with Gasteiger partial charge in [-0.05, 0) is 0 Å². The number of methoxy groups -OCH3 is 1. The topological polar surface area (TPSA) is 78.1 Å². The molecule has 0 aliphatic heterocycles. The monoisotopic (exact) mass is 235 g/mol. The minimum Gasteiger partial charge on any atom is -0.469 e. The Hall–Kier alpha value is -1.86. The number of rotatable bonds is 2. The third-order valence-corrected chi connectivity index (χ3v) is 1.71. The zero-order chi connectivity index (χ0) is 12.3. The summed E-state index contributed by atoms with van der Waals surface area (Å²) in [6.07, 6.45) is -4.37. The summed E-state index contributed by atoms with van der Waals surface area (Å²) in [4.78, 5) is 17.3. The van der Waals surface area contributed by atoms with Crippen molar-refractivity contribution in [3.8, 4) is 0 Å². The summed E-state index contributed by atoms with van der Waals surface area (Å²) in [6, 6.07) is 0. The van der Waals surface area contributed by atoms with Crippen LogP contribution in [0.25, 0.3) is 0 Å². The van der Waals surface area contributed by atoms with Crippen LogP contribution in [-0.4, -0.2) is 23.0 Å². The summed E-state index contributed by atoms with van der Waals surface area (Å²) in [7, 11) is 1.08. The van der Waals surface area contributed by atoms with Gasteiger partial charge in [0.05, 0.1) is 13.5 Å². The number of esters is 1. The number of hydrogen-bond acceptors (Lipinski definition) is 5. The molecule has 88 valence electrons. The van der Waals surface area contributed by atoms with Crippen molar-refractivity contribution in [2.45, 2.75) is 12.6 Å². The number of carbonyl (C=O) groups excluding carboxylic acids is 1. The Bertz CT molecular complexity index is 406. The van der Waals surface area contributed by atoms with Crippen molar-refractivity contribution in [3.05, 3.63) is 17.5 Å². The second kappa shape index (κ2) is 4.33. The summed E-state index contributed by atoms with van der Waals surface area (Å²) in [5.41, 5.74) is 3.46. The van der Waals surface area contributed by atoms with Gasteiger partial charge in [-0.15, -0.1) is 0 Å². The number of nitrogens with zero attached hydrogens (tertiary/aromatic N) is 2. The quantitative estimate of drug-likeness (QED) is 0.767. The highest BCUT2D eigenvalue weighted by Gasteiger charge is 2.36. The van der Waals surface area contributed by atoms with E-state index in [1.807, 2.05) is 0 Å². The lowest BCUT2D eigenvalue weighted by molar-refractivity contribution is -0.143. The molecule has 0 spiro atoms. The van der Waals surface area contributed by atoms with Gasteiger partial charge >= 0.3 is 12.1 Å². The van der Waals surface area contributed by atoms with Gasteiger partial charge in [0.1, 0.15) is 0 Å². The van der Waals surface area contributed by atoms with Crippen molar-refractivity contribution in [2.24, 2.45) is 0 Å². The number of halogens is 3. The molecule has 0 amide bonds. The first kappa shape index (κ1) is 12.2. The summed E-state index contributed by atoms with van der Waals surface area (Å²) in [6.45, 7) is 0. The molecule has 0 saturated heterocycles. The van der Waals surface area contributed by atoms with Crippen LogP contribution in [0.15, 0.2) is 6.20 Å². The SMILES string of the molecule is COC(=O)Cc1cnc(N)nc1C(F)(F)F. The Morgan fingerprint density at radius 2 is 2.19 bits per heavy atom. The highest BCUT2D eigenvalue weighted by molar-refractivity contribution is 5.72. The Morgan fingerprint density at radius 3 is 2.69 bits per heavy atom. The van der Waals surface area contributed by atoms with Crippen LogP contribution in [0.5, 0.6) is 0 Å². The standard InChI is InChI=1S/C8H8F3N3O2/c1-16-5(15)2-4-3-13-7(12)14-6(4)8(9,10)11/h3H,2H2,1H3,(H2,12,13,14). The van der Waals surface area contributed by atoms with Gasteiger partial charge in [-0.25, -0.2) is 9.97 Å². The summed E-state index contributed by atoms with van der Waals surface area (Å²) in [5, 5.41) is 0. The van der Waals surface area contributed by atoms with Crippen molar-refractivity contribution in [3.63, 3.8) is 0 Å². The van der Waals surface area contributed by atoms with Gasteiger partial charge < -0.3 is 10.5 Å². The predicted octanol–water partition coefficient (Wildman–Crippen LogP) is 0.793. The van der Waals surface area contributed by atoms with Gasteiger partial charge in [0.2, 0.25) is 5.95 Å². The maximum atomic E-state index is 12.5. The number of carbonyl (C=O) groups is 1. The highest BCUT2D eigenvalue weighted by Crippen LogP contribution is 2.30. The van der Waals surface area contributed by atoms with Crippen molar-refractivity contribution in [2.75, 3.05) is 12.8 Å². The Balaban J connectivity index is 3.13. The molecule has 0 bridgehead atoms. The summed E-state index contributed by atoms with van der Waals surface area (Å²) in [5.74, 6) is -1.31. The molecule has 1 aromatic rings. The molecule has 0 atom stereocenters. The number of aromatic nitrogens is 2. The van der Waals surface area contributed by atoms with Crippen molar-refractivity contribution >= 4 is 11.9 Å². The normalized spacial score (nSPS) is 11.2. The van der Waals surface area contributed by atoms with Crippen LogP contribution in [0, 0.1) is 0 Å². The van der Waals surface area contributed by atoms with Gasteiger partial charge in [-0.3, -0.25) is 4.79 Å². The van der Waals surface area contributed by atoms with Crippen LogP contribution in [0.1, 0.15) is 11.3 Å². The molecule has 0 unspecified atom stereocenters. The molecule has 16 heavy (non-hydrogen) atoms. The molecule has 1 rings (SSSR count). The number of nitrogen functional groups attached to an aromatic ring is 1. The molecule has 1 aromatic heterocycles. The minimum absolute atomic E-state index is 0.367. The second-order valence-corrected chi connectivity index (χ2v) is 2.85. The largest absolute Gasteiger partial charge is 0.469 e. The number of alkyl halides is 3. The van der Waals surface area contributed by atoms with Gasteiger partial charge in [-0.1, -0.05) is 0 Å². The molecular weight excluding hydrogens is 227 g/mol. The van der Waals surface area contributed by atoms with E-state index in [1.165, 1.54) is 0 Å². The molecule has 2 N–H and O–H groups in total. The van der Waals surface area contributed by atoms with Crippen molar-refractivity contribution in [1.29, 1.82) is 0 Å². The molecule has 0 aliphatic rings. The van der Waals surface area contributed by atoms with E-state index in [-0.39, 0.29) is 5.56 Å². The highest BCUT2D eigenvalue weighted by atomic mass is 19.4. The summed E-state index contributed by atoms with van der Waals surface area (Å²) < 4.78 is 41.7. The maximum absolute atomic E-state index is 12.5. The number of anilines is 1. The van der Waals surface area contributed by atoms with Gasteiger partial charge in [0.25, 0.3) is 0 Å². The number of hydrogen-bond donors (Lipinski definition) is 1. The molecule has 8 heteroatoms. The van der Waals surface area contributed by atoms with Crippen LogP contribution in [0.3, 0.4) is 0 Å². The van der Waals surface area contributed by atoms with E-state index in [2.05, 4.69) is 14.7 Å². The van der Waals surface area contributed by atoms with Gasteiger partial charge in [0, 0.05) is 11.8 Å². The molecular formula is C8H8F3N3O2. The molecule has 0 saturated carbocycles. The van der Waals surface area contributed by atoms with E-state index in [4.69, 9.17) is 5.73 Å². The average molecular weight is 235 g/mol. The first-order valence-electron chi connectivity index (χ1n) is 4.10. The zero-order valence-electron chi connectivity index (χ0n) is 8.21. The third-order valence-electron chi connectivity index (χ3n) is 1.71. The van der Waals surface area contributed by atoms with Crippen LogP contribution in [-0.2, 0) is 22.1 Å². The van der Waals surface area contributed by atoms with Gasteiger partial charge in [0.15, 0.2) is 5.69 Å². The van der Waals surface area contributed by atoms with Crippen molar-refractivity contribution < 1.29 is 22.7 Å². The molecule has 0 radical (unpaired) electrons. The fraction of sp³-hybridized carbons (Fsp3) is 0.375. The van der Waals surface area contributed by atoms with Crippen molar-refractivity contribution in [1.82, 2.24) is 9.97 Å². The van der Waals surface area contributed by atoms with Gasteiger partial charge in [-0.2, -0.15) is 13.2 Å². The van der Waals surface area contributed by atoms with E-state index in [9.17, 15) is 18.0 Å². The number of nitrogens with two attached hydrogens (primary N) is 1. The molecule has 0 fully saturated rings. The summed E-state index contributed by atoms with van der Waals surface area (Å²) >= 11 is 0. The Kier molecular flexibility index (Phi) is 3.31. The van der Waals surface area contributed by atoms with Crippen LogP contribution in [0.4, 0.5) is 19.1 Å². The smallest absolute Gasteiger partial charge is 0.433 e. The Labute approximate surface area is 88.4 Å². The minimum atomic E-state index is -4.68. The van der Waals surface area contributed by atoms with E-state index in [1.54, 1.807) is 0 Å². The van der Waals surface area contributed by atoms with E-state index >= 15 is 0 Å². The van der Waals surface area contributed by atoms with Crippen LogP contribution < -0.4 is 5.73 Å². The fourth-order valence-corrected chi connectivity index (χ4v) is 1.02.